The van der Waals surface area contributed by atoms with Crippen molar-refractivity contribution in [3.05, 3.63) is 70.6 Å². The number of esters is 1. The Hall–Kier alpha value is -3.94. The highest BCUT2D eigenvalue weighted by Gasteiger charge is 2.43. The maximum atomic E-state index is 13.6. The van der Waals surface area contributed by atoms with Gasteiger partial charge in [-0.15, -0.1) is 0 Å². The number of ether oxygens (including phenoxy) is 5. The number of hydrogen-bond acceptors (Lipinski definition) is 8. The van der Waals surface area contributed by atoms with Crippen LogP contribution in [-0.4, -0.2) is 46.3 Å². The van der Waals surface area contributed by atoms with E-state index in [-0.39, 0.29) is 24.4 Å². The minimum atomic E-state index is -0.661. The van der Waals surface area contributed by atoms with E-state index in [4.69, 9.17) is 23.7 Å². The first-order valence-corrected chi connectivity index (χ1v) is 12.6. The number of Topliss-reactive ketones (excluding diaryl/α,β-unsaturated/α-hetero) is 1. The van der Waals surface area contributed by atoms with E-state index >= 15 is 0 Å². The van der Waals surface area contributed by atoms with Crippen molar-refractivity contribution in [3.8, 4) is 23.0 Å². The highest BCUT2D eigenvalue weighted by Crippen LogP contribution is 2.49. The van der Waals surface area contributed by atoms with E-state index in [0.717, 1.165) is 5.70 Å². The number of dihydropyridines is 1. The summed E-state index contributed by atoms with van der Waals surface area (Å²) in [6.45, 7) is 6.23. The van der Waals surface area contributed by atoms with Crippen molar-refractivity contribution < 1.29 is 33.3 Å². The van der Waals surface area contributed by atoms with E-state index < -0.39 is 11.9 Å². The Kier molecular flexibility index (Phi) is 7.99. The van der Waals surface area contributed by atoms with Crippen LogP contribution in [0.25, 0.3) is 0 Å². The minimum absolute atomic E-state index is 0.00675. The Morgan fingerprint density at radius 1 is 0.974 bits per heavy atom. The first-order chi connectivity index (χ1) is 18.2. The number of nitrogens with one attached hydrogen (secondary N) is 1. The van der Waals surface area contributed by atoms with Gasteiger partial charge >= 0.3 is 5.97 Å². The molecule has 1 unspecified atom stereocenters. The Morgan fingerprint density at radius 2 is 1.63 bits per heavy atom. The van der Waals surface area contributed by atoms with Crippen LogP contribution in [0, 0.1) is 5.41 Å². The molecular weight excluding hydrogens is 486 g/mol. The standard InChI is InChI=1S/C30H35NO7/c1-18-25(29(33)38-13-12-37-20-10-8-7-9-11-20)26(27-21(31-18)16-30(2,3)17-22(27)32)19-14-23(34-4)28(36-6)24(15-19)35-5/h7-11,14-15,26,31H,12-13,16-17H2,1-6H3. The van der Waals surface area contributed by atoms with Crippen molar-refractivity contribution in [3.63, 3.8) is 0 Å². The van der Waals surface area contributed by atoms with Gasteiger partial charge in [-0.05, 0) is 48.6 Å². The number of carbonyl (C=O) groups is 2. The number of hydrogen-bond donors (Lipinski definition) is 1. The van der Waals surface area contributed by atoms with Crippen LogP contribution in [0.1, 0.15) is 45.1 Å². The van der Waals surface area contributed by atoms with Gasteiger partial charge in [0.25, 0.3) is 0 Å². The molecule has 0 aromatic heterocycles. The van der Waals surface area contributed by atoms with Crippen LogP contribution in [-0.2, 0) is 14.3 Å². The van der Waals surface area contributed by atoms with Gasteiger partial charge < -0.3 is 29.0 Å². The van der Waals surface area contributed by atoms with Gasteiger partial charge in [0.1, 0.15) is 19.0 Å². The summed E-state index contributed by atoms with van der Waals surface area (Å²) in [4.78, 5) is 27.1. The zero-order valence-electron chi connectivity index (χ0n) is 22.8. The second-order valence-corrected chi connectivity index (χ2v) is 10.2. The summed E-state index contributed by atoms with van der Waals surface area (Å²) in [5.74, 6) is 0.814. The highest BCUT2D eigenvalue weighted by molar-refractivity contribution is 6.04. The van der Waals surface area contributed by atoms with E-state index in [2.05, 4.69) is 19.2 Å². The summed E-state index contributed by atoms with van der Waals surface area (Å²) in [5.41, 5.74) is 2.87. The van der Waals surface area contributed by atoms with Gasteiger partial charge in [-0.1, -0.05) is 32.0 Å². The van der Waals surface area contributed by atoms with E-state index in [1.165, 1.54) is 21.3 Å². The van der Waals surface area contributed by atoms with Gasteiger partial charge in [0.2, 0.25) is 5.75 Å². The third kappa shape index (κ3) is 5.49. The van der Waals surface area contributed by atoms with Gasteiger partial charge in [-0.2, -0.15) is 0 Å². The van der Waals surface area contributed by atoms with E-state index in [9.17, 15) is 9.59 Å². The number of allylic oxidation sites excluding steroid dienone is 3. The van der Waals surface area contributed by atoms with Crippen molar-refractivity contribution >= 4 is 11.8 Å². The van der Waals surface area contributed by atoms with Crippen LogP contribution >= 0.6 is 0 Å². The monoisotopic (exact) mass is 521 g/mol. The summed E-state index contributed by atoms with van der Waals surface area (Å²) in [7, 11) is 4.60. The molecule has 1 aliphatic carbocycles. The fourth-order valence-corrected chi connectivity index (χ4v) is 5.20. The first-order valence-electron chi connectivity index (χ1n) is 12.6. The molecule has 0 saturated heterocycles. The molecule has 0 saturated carbocycles. The number of rotatable bonds is 9. The third-order valence-corrected chi connectivity index (χ3v) is 6.81. The zero-order valence-corrected chi connectivity index (χ0v) is 22.8. The van der Waals surface area contributed by atoms with E-state index in [1.807, 2.05) is 37.3 Å². The van der Waals surface area contributed by atoms with Gasteiger partial charge in [-0.3, -0.25) is 4.79 Å². The maximum Gasteiger partial charge on any atom is 0.336 e. The van der Waals surface area contributed by atoms with E-state index in [0.29, 0.717) is 58.2 Å². The number of carbonyl (C=O) groups excluding carboxylic acids is 2. The Bertz CT molecular complexity index is 1250. The first kappa shape index (κ1) is 27.1. The molecule has 8 nitrogen and oxygen atoms in total. The van der Waals surface area contributed by atoms with Gasteiger partial charge in [-0.25, -0.2) is 4.79 Å². The lowest BCUT2D eigenvalue weighted by Crippen LogP contribution is -2.38. The fraction of sp³-hybridized carbons (Fsp3) is 0.400. The molecular formula is C30H35NO7. The lowest BCUT2D eigenvalue weighted by atomic mass is 9.68. The molecule has 38 heavy (non-hydrogen) atoms. The van der Waals surface area contributed by atoms with E-state index in [1.54, 1.807) is 12.1 Å². The molecule has 0 bridgehead atoms. The van der Waals surface area contributed by atoms with Crippen molar-refractivity contribution in [2.24, 2.45) is 5.41 Å². The molecule has 1 N–H and O–H groups in total. The van der Waals surface area contributed by atoms with Crippen molar-refractivity contribution in [2.45, 2.75) is 39.5 Å². The van der Waals surface area contributed by atoms with Gasteiger partial charge in [0.05, 0.1) is 26.9 Å². The van der Waals surface area contributed by atoms with Gasteiger partial charge in [0, 0.05) is 29.3 Å². The van der Waals surface area contributed by atoms with Gasteiger partial charge in [0.15, 0.2) is 17.3 Å². The molecule has 2 aromatic rings. The summed E-state index contributed by atoms with van der Waals surface area (Å²) >= 11 is 0. The van der Waals surface area contributed by atoms with Crippen LogP contribution in [0.15, 0.2) is 65.0 Å². The molecule has 0 radical (unpaired) electrons. The quantitative estimate of drug-likeness (QED) is 0.367. The molecule has 1 aliphatic heterocycles. The van der Waals surface area contributed by atoms with Crippen molar-refractivity contribution in [1.29, 1.82) is 0 Å². The van der Waals surface area contributed by atoms with Crippen LogP contribution in [0.4, 0.5) is 0 Å². The van der Waals surface area contributed by atoms with Crippen LogP contribution < -0.4 is 24.3 Å². The summed E-state index contributed by atoms with van der Waals surface area (Å²) in [6.07, 6.45) is 1.06. The molecule has 1 heterocycles. The normalized spacial score (nSPS) is 18.4. The number of ketones is 1. The van der Waals surface area contributed by atoms with Crippen LogP contribution in [0.2, 0.25) is 0 Å². The highest BCUT2D eigenvalue weighted by atomic mass is 16.6. The SMILES string of the molecule is COc1cc(C2C(C(=O)OCCOc3ccccc3)=C(C)NC3=C2C(=O)CC(C)(C)C3)cc(OC)c1OC. The number of para-hydroxylation sites is 1. The Balaban J connectivity index is 1.71. The second kappa shape index (κ2) is 11.2. The smallest absolute Gasteiger partial charge is 0.336 e. The molecule has 1 atom stereocenters. The van der Waals surface area contributed by atoms with Crippen molar-refractivity contribution in [1.82, 2.24) is 5.32 Å². The lowest BCUT2D eigenvalue weighted by Gasteiger charge is -2.39. The summed E-state index contributed by atoms with van der Waals surface area (Å²) in [6, 6.07) is 12.9. The Labute approximate surface area is 223 Å². The molecule has 0 spiro atoms. The molecule has 2 aromatic carbocycles. The zero-order chi connectivity index (χ0) is 27.4. The van der Waals surface area contributed by atoms with Crippen LogP contribution in [0.5, 0.6) is 23.0 Å². The topological polar surface area (TPSA) is 92.3 Å². The molecule has 0 amide bonds. The minimum Gasteiger partial charge on any atom is -0.493 e. The average molecular weight is 522 g/mol. The fourth-order valence-electron chi connectivity index (χ4n) is 5.20. The molecule has 8 heteroatoms. The van der Waals surface area contributed by atoms with Crippen molar-refractivity contribution in [2.75, 3.05) is 34.5 Å². The predicted octanol–water partition coefficient (Wildman–Crippen LogP) is 4.94. The number of benzene rings is 2. The largest absolute Gasteiger partial charge is 0.493 e. The molecule has 202 valence electrons. The second-order valence-electron chi connectivity index (χ2n) is 10.2. The van der Waals surface area contributed by atoms with Crippen LogP contribution in [0.3, 0.4) is 0 Å². The molecule has 4 rings (SSSR count). The lowest BCUT2D eigenvalue weighted by molar-refractivity contribution is -0.140. The number of methoxy groups -OCH3 is 3. The average Bonchev–Trinajstić information content (AvgIpc) is 2.89. The summed E-state index contributed by atoms with van der Waals surface area (Å²) < 4.78 is 28.0. The maximum absolute atomic E-state index is 13.6. The predicted molar refractivity (Wildman–Crippen MR) is 143 cm³/mol. The third-order valence-electron chi connectivity index (χ3n) is 6.81. The Morgan fingerprint density at radius 3 is 2.24 bits per heavy atom. The molecule has 0 fully saturated rings. The molecule has 2 aliphatic rings. The summed E-state index contributed by atoms with van der Waals surface area (Å²) in [5, 5.41) is 3.35.